The quantitative estimate of drug-likeness (QED) is 0.694. The van der Waals surface area contributed by atoms with Gasteiger partial charge in [0.15, 0.2) is 0 Å². The lowest BCUT2D eigenvalue weighted by Gasteiger charge is -2.12. The van der Waals surface area contributed by atoms with Gasteiger partial charge >= 0.3 is 11.7 Å². The third-order valence-electron chi connectivity index (χ3n) is 5.49. The molecule has 0 radical (unpaired) electrons. The standard InChI is InChI=1S/C21H30N4O3.ClH/c1-16-23-24(15-12-17-4-3-13-22-14-11-17)21(27)25(16)19-8-5-18(6-9-19)7-10-20(26)28-2;/h5-6,8-9,17,22H,3-4,7,10-15H2,1-2H3;1H. The van der Waals surface area contributed by atoms with Crippen LogP contribution in [0.4, 0.5) is 0 Å². The second-order valence-electron chi connectivity index (χ2n) is 7.47. The topological polar surface area (TPSA) is 78.2 Å². The molecule has 0 bridgehead atoms. The summed E-state index contributed by atoms with van der Waals surface area (Å²) in [6.45, 7) is 4.68. The van der Waals surface area contributed by atoms with Crippen LogP contribution in [-0.2, 0) is 22.5 Å². The Balaban J connectivity index is 0.00000300. The Morgan fingerprint density at radius 2 is 2.00 bits per heavy atom. The number of aryl methyl sites for hydroxylation is 3. The first-order valence-electron chi connectivity index (χ1n) is 10.1. The molecule has 2 aromatic rings. The van der Waals surface area contributed by atoms with Gasteiger partial charge in [-0.2, -0.15) is 5.10 Å². The molecule has 1 unspecified atom stereocenters. The predicted octanol–water partition coefficient (Wildman–Crippen LogP) is 2.65. The van der Waals surface area contributed by atoms with Gasteiger partial charge in [0, 0.05) is 13.0 Å². The van der Waals surface area contributed by atoms with Crippen molar-refractivity contribution in [3.8, 4) is 5.69 Å². The molecule has 1 aliphatic rings. The Labute approximate surface area is 177 Å². The van der Waals surface area contributed by atoms with Crippen LogP contribution in [0, 0.1) is 12.8 Å². The minimum Gasteiger partial charge on any atom is -0.469 e. The van der Waals surface area contributed by atoms with Gasteiger partial charge in [0.25, 0.3) is 0 Å². The van der Waals surface area contributed by atoms with Crippen molar-refractivity contribution < 1.29 is 9.53 Å². The number of carbonyl (C=O) groups is 1. The van der Waals surface area contributed by atoms with E-state index in [2.05, 4.69) is 15.2 Å². The lowest BCUT2D eigenvalue weighted by molar-refractivity contribution is -0.140. The summed E-state index contributed by atoms with van der Waals surface area (Å²) in [5.74, 6) is 1.12. The number of ether oxygens (including phenoxy) is 1. The zero-order valence-corrected chi connectivity index (χ0v) is 18.0. The van der Waals surface area contributed by atoms with E-state index in [0.717, 1.165) is 30.8 Å². The number of esters is 1. The molecule has 0 saturated carbocycles. The van der Waals surface area contributed by atoms with Gasteiger partial charge in [-0.3, -0.25) is 4.79 Å². The van der Waals surface area contributed by atoms with Crippen molar-refractivity contribution in [1.82, 2.24) is 19.7 Å². The van der Waals surface area contributed by atoms with Crippen molar-refractivity contribution in [2.75, 3.05) is 20.2 Å². The molecule has 0 amide bonds. The second kappa shape index (κ2) is 11.2. The van der Waals surface area contributed by atoms with E-state index in [1.165, 1.54) is 26.4 Å². The number of benzene rings is 1. The molecular formula is C21H31ClN4O3. The molecule has 1 aromatic heterocycles. The van der Waals surface area contributed by atoms with Crippen LogP contribution in [0.25, 0.3) is 5.69 Å². The van der Waals surface area contributed by atoms with E-state index >= 15 is 0 Å². The maximum absolute atomic E-state index is 12.9. The SMILES string of the molecule is COC(=O)CCc1ccc(-n2c(C)nn(CCC3CCCNCC3)c2=O)cc1.Cl. The Bertz CT molecular complexity index is 837. The number of rotatable bonds is 7. The van der Waals surface area contributed by atoms with Crippen molar-refractivity contribution in [1.29, 1.82) is 0 Å². The fourth-order valence-corrected chi connectivity index (χ4v) is 3.80. The highest BCUT2D eigenvalue weighted by Crippen LogP contribution is 2.18. The molecular weight excluding hydrogens is 392 g/mol. The molecule has 1 aromatic carbocycles. The fourth-order valence-electron chi connectivity index (χ4n) is 3.80. The highest BCUT2D eigenvalue weighted by molar-refractivity contribution is 5.85. The van der Waals surface area contributed by atoms with Crippen LogP contribution in [0.1, 0.15) is 43.5 Å². The van der Waals surface area contributed by atoms with Gasteiger partial charge < -0.3 is 10.1 Å². The highest BCUT2D eigenvalue weighted by Gasteiger charge is 2.15. The second-order valence-corrected chi connectivity index (χ2v) is 7.47. The number of hydrogen-bond donors (Lipinski definition) is 1. The molecule has 8 heteroatoms. The van der Waals surface area contributed by atoms with E-state index in [1.54, 1.807) is 9.25 Å². The molecule has 29 heavy (non-hydrogen) atoms. The van der Waals surface area contributed by atoms with Gasteiger partial charge in [-0.05, 0) is 75.7 Å². The van der Waals surface area contributed by atoms with Crippen LogP contribution in [0.3, 0.4) is 0 Å². The van der Waals surface area contributed by atoms with Crippen LogP contribution >= 0.6 is 12.4 Å². The van der Waals surface area contributed by atoms with E-state index < -0.39 is 0 Å². The van der Waals surface area contributed by atoms with Gasteiger partial charge in [-0.1, -0.05) is 12.1 Å². The van der Waals surface area contributed by atoms with Crippen molar-refractivity contribution >= 4 is 18.4 Å². The van der Waals surface area contributed by atoms with Gasteiger partial charge in [0.1, 0.15) is 5.82 Å². The van der Waals surface area contributed by atoms with Crippen molar-refractivity contribution in [2.45, 2.75) is 52.0 Å². The molecule has 1 fully saturated rings. The Hall–Kier alpha value is -2.12. The summed E-state index contributed by atoms with van der Waals surface area (Å²) in [5, 5.41) is 7.91. The molecule has 1 atom stereocenters. The molecule has 1 N–H and O–H groups in total. The van der Waals surface area contributed by atoms with Gasteiger partial charge in [0.05, 0.1) is 12.8 Å². The van der Waals surface area contributed by atoms with Crippen LogP contribution in [0.2, 0.25) is 0 Å². The predicted molar refractivity (Wildman–Crippen MR) is 115 cm³/mol. The molecule has 0 aliphatic carbocycles. The van der Waals surface area contributed by atoms with E-state index in [1.807, 2.05) is 31.2 Å². The number of nitrogens with one attached hydrogen (secondary N) is 1. The summed E-state index contributed by atoms with van der Waals surface area (Å²) < 4.78 is 7.92. The molecule has 1 saturated heterocycles. The number of methoxy groups -OCH3 is 1. The van der Waals surface area contributed by atoms with E-state index in [0.29, 0.717) is 31.1 Å². The number of carbonyl (C=O) groups excluding carboxylic acids is 1. The van der Waals surface area contributed by atoms with Crippen LogP contribution in [0.15, 0.2) is 29.1 Å². The number of aromatic nitrogens is 3. The fraction of sp³-hybridized carbons (Fsp3) is 0.571. The summed E-state index contributed by atoms with van der Waals surface area (Å²) >= 11 is 0. The van der Waals surface area contributed by atoms with Gasteiger partial charge in [0.2, 0.25) is 0 Å². The summed E-state index contributed by atoms with van der Waals surface area (Å²) in [5.41, 5.74) is 1.75. The normalized spacial score (nSPS) is 16.7. The monoisotopic (exact) mass is 422 g/mol. The summed E-state index contributed by atoms with van der Waals surface area (Å²) in [6.07, 6.45) is 5.55. The summed E-state index contributed by atoms with van der Waals surface area (Å²) in [4.78, 5) is 24.1. The first-order chi connectivity index (χ1) is 13.6. The average molecular weight is 423 g/mol. The lowest BCUT2D eigenvalue weighted by Crippen LogP contribution is -2.25. The maximum atomic E-state index is 12.9. The zero-order chi connectivity index (χ0) is 19.9. The summed E-state index contributed by atoms with van der Waals surface area (Å²) in [6, 6.07) is 7.70. The van der Waals surface area contributed by atoms with Crippen molar-refractivity contribution in [2.24, 2.45) is 5.92 Å². The van der Waals surface area contributed by atoms with Crippen LogP contribution in [-0.4, -0.2) is 40.5 Å². The van der Waals surface area contributed by atoms with E-state index in [9.17, 15) is 9.59 Å². The first kappa shape index (κ1) is 23.2. The van der Waals surface area contributed by atoms with Gasteiger partial charge in [-0.15, -0.1) is 12.4 Å². The molecule has 2 heterocycles. The Kier molecular flexibility index (Phi) is 8.92. The average Bonchev–Trinajstić information content (AvgIpc) is 2.88. The minimum absolute atomic E-state index is 0. The van der Waals surface area contributed by atoms with Crippen LogP contribution in [0.5, 0.6) is 0 Å². The van der Waals surface area contributed by atoms with E-state index in [-0.39, 0.29) is 24.1 Å². The number of nitrogens with zero attached hydrogens (tertiary/aromatic N) is 3. The maximum Gasteiger partial charge on any atom is 0.350 e. The molecule has 160 valence electrons. The number of hydrogen-bond acceptors (Lipinski definition) is 5. The molecule has 7 nitrogen and oxygen atoms in total. The summed E-state index contributed by atoms with van der Waals surface area (Å²) in [7, 11) is 1.39. The highest BCUT2D eigenvalue weighted by atomic mass is 35.5. The van der Waals surface area contributed by atoms with Crippen LogP contribution < -0.4 is 11.0 Å². The van der Waals surface area contributed by atoms with Gasteiger partial charge in [-0.25, -0.2) is 14.0 Å². The third kappa shape index (κ3) is 6.18. The Morgan fingerprint density at radius 3 is 2.72 bits per heavy atom. The number of halogens is 1. The molecule has 1 aliphatic heterocycles. The van der Waals surface area contributed by atoms with E-state index in [4.69, 9.17) is 0 Å². The zero-order valence-electron chi connectivity index (χ0n) is 17.2. The molecule has 3 rings (SSSR count). The smallest absolute Gasteiger partial charge is 0.350 e. The minimum atomic E-state index is -0.220. The van der Waals surface area contributed by atoms with Crippen molar-refractivity contribution in [3.05, 3.63) is 46.1 Å². The lowest BCUT2D eigenvalue weighted by atomic mass is 9.97. The first-order valence-corrected chi connectivity index (χ1v) is 10.1. The largest absolute Gasteiger partial charge is 0.469 e. The third-order valence-corrected chi connectivity index (χ3v) is 5.49. The Morgan fingerprint density at radius 1 is 1.24 bits per heavy atom. The molecule has 0 spiro atoms. The van der Waals surface area contributed by atoms with Crippen molar-refractivity contribution in [3.63, 3.8) is 0 Å².